The standard InChI is InChI=1S/C14H20N4S/c1-4-12(15)13-6-5-11(7-16-13)18(3)8-14-10(2)17-9-19-14/h5-7,9,12H,4,8,15H2,1-3H3. The first-order chi connectivity index (χ1) is 9.11. The van der Waals surface area contributed by atoms with E-state index in [4.69, 9.17) is 5.73 Å². The zero-order valence-corrected chi connectivity index (χ0v) is 12.4. The minimum Gasteiger partial charge on any atom is -0.368 e. The Balaban J connectivity index is 2.07. The Labute approximate surface area is 118 Å². The third kappa shape index (κ3) is 3.30. The first kappa shape index (κ1) is 14.0. The summed E-state index contributed by atoms with van der Waals surface area (Å²) >= 11 is 1.69. The lowest BCUT2D eigenvalue weighted by Gasteiger charge is -2.19. The summed E-state index contributed by atoms with van der Waals surface area (Å²) in [5.74, 6) is 0. The number of nitrogens with two attached hydrogens (primary N) is 1. The van der Waals surface area contributed by atoms with E-state index in [2.05, 4.69) is 34.9 Å². The highest BCUT2D eigenvalue weighted by Gasteiger charge is 2.09. The van der Waals surface area contributed by atoms with Crippen molar-refractivity contribution < 1.29 is 0 Å². The maximum atomic E-state index is 5.97. The second kappa shape index (κ2) is 6.12. The van der Waals surface area contributed by atoms with Crippen molar-refractivity contribution in [1.82, 2.24) is 9.97 Å². The first-order valence-electron chi connectivity index (χ1n) is 6.43. The van der Waals surface area contributed by atoms with E-state index in [0.29, 0.717) is 0 Å². The van der Waals surface area contributed by atoms with Crippen molar-refractivity contribution in [3.8, 4) is 0 Å². The van der Waals surface area contributed by atoms with Gasteiger partial charge in [-0.3, -0.25) is 4.98 Å². The zero-order valence-electron chi connectivity index (χ0n) is 11.6. The van der Waals surface area contributed by atoms with E-state index in [9.17, 15) is 0 Å². The van der Waals surface area contributed by atoms with Crippen LogP contribution in [0.5, 0.6) is 0 Å². The molecule has 0 aliphatic heterocycles. The van der Waals surface area contributed by atoms with Gasteiger partial charge in [-0.25, -0.2) is 4.98 Å². The van der Waals surface area contributed by atoms with Crippen LogP contribution >= 0.6 is 11.3 Å². The van der Waals surface area contributed by atoms with Gasteiger partial charge in [0.25, 0.3) is 0 Å². The second-order valence-electron chi connectivity index (χ2n) is 4.67. The lowest BCUT2D eigenvalue weighted by atomic mass is 10.1. The van der Waals surface area contributed by atoms with Crippen molar-refractivity contribution in [2.24, 2.45) is 5.73 Å². The van der Waals surface area contributed by atoms with Crippen LogP contribution in [-0.2, 0) is 6.54 Å². The molecule has 4 nitrogen and oxygen atoms in total. The van der Waals surface area contributed by atoms with Crippen LogP contribution in [0.25, 0.3) is 0 Å². The molecular formula is C14H20N4S. The van der Waals surface area contributed by atoms with E-state index in [1.807, 2.05) is 24.7 Å². The van der Waals surface area contributed by atoms with Crippen molar-refractivity contribution >= 4 is 17.0 Å². The van der Waals surface area contributed by atoms with Crippen LogP contribution in [0.2, 0.25) is 0 Å². The average Bonchev–Trinajstić information content (AvgIpc) is 2.83. The van der Waals surface area contributed by atoms with Crippen LogP contribution in [0.1, 0.15) is 35.7 Å². The monoisotopic (exact) mass is 276 g/mol. The Morgan fingerprint density at radius 2 is 2.16 bits per heavy atom. The predicted molar refractivity (Wildman–Crippen MR) is 80.4 cm³/mol. The Morgan fingerprint density at radius 3 is 2.68 bits per heavy atom. The first-order valence-corrected chi connectivity index (χ1v) is 7.31. The van der Waals surface area contributed by atoms with Gasteiger partial charge in [-0.15, -0.1) is 11.3 Å². The molecule has 0 spiro atoms. The summed E-state index contributed by atoms with van der Waals surface area (Å²) in [6, 6.07) is 4.12. The summed E-state index contributed by atoms with van der Waals surface area (Å²) in [5.41, 5.74) is 11.0. The van der Waals surface area contributed by atoms with Crippen LogP contribution in [0, 0.1) is 6.92 Å². The maximum absolute atomic E-state index is 5.97. The Bertz CT molecular complexity index is 520. The fourth-order valence-electron chi connectivity index (χ4n) is 1.84. The van der Waals surface area contributed by atoms with E-state index >= 15 is 0 Å². The van der Waals surface area contributed by atoms with Crippen LogP contribution in [0.4, 0.5) is 5.69 Å². The summed E-state index contributed by atoms with van der Waals surface area (Å²) in [4.78, 5) is 12.2. The molecule has 0 radical (unpaired) electrons. The molecule has 102 valence electrons. The molecule has 2 heterocycles. The quantitative estimate of drug-likeness (QED) is 0.912. The van der Waals surface area contributed by atoms with E-state index in [-0.39, 0.29) is 6.04 Å². The summed E-state index contributed by atoms with van der Waals surface area (Å²) in [7, 11) is 2.07. The molecule has 19 heavy (non-hydrogen) atoms. The predicted octanol–water partition coefficient (Wildman–Crippen LogP) is 2.89. The van der Waals surface area contributed by atoms with Crippen LogP contribution in [-0.4, -0.2) is 17.0 Å². The second-order valence-corrected chi connectivity index (χ2v) is 5.61. The summed E-state index contributed by atoms with van der Waals surface area (Å²) in [6.07, 6.45) is 2.80. The molecule has 2 rings (SSSR count). The number of hydrogen-bond donors (Lipinski definition) is 1. The molecule has 0 aliphatic carbocycles. The fourth-order valence-corrected chi connectivity index (χ4v) is 2.67. The van der Waals surface area contributed by atoms with Crippen LogP contribution in [0.3, 0.4) is 0 Å². The SMILES string of the molecule is CCC(N)c1ccc(N(C)Cc2scnc2C)cn1. The summed E-state index contributed by atoms with van der Waals surface area (Å²) in [6.45, 7) is 4.97. The molecule has 0 aliphatic rings. The van der Waals surface area contributed by atoms with E-state index < -0.39 is 0 Å². The van der Waals surface area contributed by atoms with Crippen molar-refractivity contribution in [2.45, 2.75) is 32.9 Å². The third-order valence-electron chi connectivity index (χ3n) is 3.26. The number of rotatable bonds is 5. The molecular weight excluding hydrogens is 256 g/mol. The third-order valence-corrected chi connectivity index (χ3v) is 4.18. The van der Waals surface area contributed by atoms with Gasteiger partial charge >= 0.3 is 0 Å². The topological polar surface area (TPSA) is 55.0 Å². The molecule has 1 atom stereocenters. The van der Waals surface area contributed by atoms with Gasteiger partial charge in [-0.1, -0.05) is 6.92 Å². The Morgan fingerprint density at radius 1 is 1.37 bits per heavy atom. The van der Waals surface area contributed by atoms with Crippen molar-refractivity contribution in [3.05, 3.63) is 40.1 Å². The molecule has 2 aromatic rings. The number of nitrogens with zero attached hydrogens (tertiary/aromatic N) is 3. The average molecular weight is 276 g/mol. The molecule has 0 aromatic carbocycles. The molecule has 0 amide bonds. The zero-order chi connectivity index (χ0) is 13.8. The van der Waals surface area contributed by atoms with Crippen LogP contribution < -0.4 is 10.6 Å². The smallest absolute Gasteiger partial charge is 0.0798 e. The molecule has 0 saturated heterocycles. The van der Waals surface area contributed by atoms with Gasteiger partial charge in [0.2, 0.25) is 0 Å². The highest BCUT2D eigenvalue weighted by molar-refractivity contribution is 7.09. The van der Waals surface area contributed by atoms with Gasteiger partial charge in [-0.05, 0) is 25.5 Å². The molecule has 0 saturated carbocycles. The molecule has 5 heteroatoms. The minimum atomic E-state index is 0.0306. The van der Waals surface area contributed by atoms with Gasteiger partial charge in [0.05, 0.1) is 35.3 Å². The lowest BCUT2D eigenvalue weighted by molar-refractivity contribution is 0.675. The van der Waals surface area contributed by atoms with Crippen molar-refractivity contribution in [3.63, 3.8) is 0 Å². The molecule has 2 aromatic heterocycles. The maximum Gasteiger partial charge on any atom is 0.0798 e. The highest BCUT2D eigenvalue weighted by Crippen LogP contribution is 2.20. The number of thiazole rings is 1. The van der Waals surface area contributed by atoms with E-state index in [0.717, 1.165) is 30.0 Å². The van der Waals surface area contributed by atoms with Crippen molar-refractivity contribution in [2.75, 3.05) is 11.9 Å². The fraction of sp³-hybridized carbons (Fsp3) is 0.429. The van der Waals surface area contributed by atoms with Gasteiger partial charge in [0.15, 0.2) is 0 Å². The number of anilines is 1. The number of pyridine rings is 1. The summed E-state index contributed by atoms with van der Waals surface area (Å²) in [5, 5.41) is 0. The van der Waals surface area contributed by atoms with Gasteiger partial charge in [0, 0.05) is 18.0 Å². The Kier molecular flexibility index (Phi) is 4.50. The lowest BCUT2D eigenvalue weighted by Crippen LogP contribution is -2.17. The number of aryl methyl sites for hydroxylation is 1. The van der Waals surface area contributed by atoms with E-state index in [1.165, 1.54) is 4.88 Å². The normalized spacial score (nSPS) is 12.4. The molecule has 2 N–H and O–H groups in total. The summed E-state index contributed by atoms with van der Waals surface area (Å²) < 4.78 is 0. The van der Waals surface area contributed by atoms with Gasteiger partial charge < -0.3 is 10.6 Å². The van der Waals surface area contributed by atoms with Crippen molar-refractivity contribution in [1.29, 1.82) is 0 Å². The van der Waals surface area contributed by atoms with E-state index in [1.54, 1.807) is 11.3 Å². The Hall–Kier alpha value is -1.46. The number of hydrogen-bond acceptors (Lipinski definition) is 5. The molecule has 0 fully saturated rings. The number of aromatic nitrogens is 2. The molecule has 1 unspecified atom stereocenters. The minimum absolute atomic E-state index is 0.0306. The highest BCUT2D eigenvalue weighted by atomic mass is 32.1. The largest absolute Gasteiger partial charge is 0.368 e. The van der Waals surface area contributed by atoms with Gasteiger partial charge in [0.1, 0.15) is 0 Å². The van der Waals surface area contributed by atoms with Gasteiger partial charge in [-0.2, -0.15) is 0 Å². The molecule has 0 bridgehead atoms. The van der Waals surface area contributed by atoms with Crippen LogP contribution in [0.15, 0.2) is 23.8 Å².